The van der Waals surface area contributed by atoms with Crippen LogP contribution in [0.2, 0.25) is 0 Å². The van der Waals surface area contributed by atoms with Crippen LogP contribution in [0.4, 0.5) is 0 Å². The van der Waals surface area contributed by atoms with Gasteiger partial charge in [-0.3, -0.25) is 10.1 Å². The first kappa shape index (κ1) is 6.09. The molecule has 10 heavy (non-hydrogen) atoms. The molecule has 0 aliphatic heterocycles. The number of hydrogen-bond acceptors (Lipinski definition) is 2. The molecule has 0 unspecified atom stereocenters. The first-order valence-electron chi connectivity index (χ1n) is 2.81. The molecule has 0 aliphatic carbocycles. The molecule has 4 heteroatoms. The Hall–Kier alpha value is -0.650. The number of aromatic amines is 1. The Morgan fingerprint density at radius 3 is 3.20 bits per heavy atom. The third-order valence-corrected chi connectivity index (χ3v) is 2.14. The van der Waals surface area contributed by atoms with Crippen LogP contribution < -0.4 is 0 Å². The Kier molecular flexibility index (Phi) is 1.33. The van der Waals surface area contributed by atoms with E-state index in [-0.39, 0.29) is 0 Å². The van der Waals surface area contributed by atoms with E-state index < -0.39 is 0 Å². The second-order valence-electron chi connectivity index (χ2n) is 1.94. The van der Waals surface area contributed by atoms with Gasteiger partial charge in [0, 0.05) is 12.4 Å². The maximum atomic E-state index is 4.02. The number of nitrogens with one attached hydrogen (secondary N) is 1. The van der Waals surface area contributed by atoms with Gasteiger partial charge in [0.2, 0.25) is 0 Å². The van der Waals surface area contributed by atoms with Crippen LogP contribution in [-0.2, 0) is 0 Å². The van der Waals surface area contributed by atoms with Crippen molar-refractivity contribution in [1.29, 1.82) is 0 Å². The quantitative estimate of drug-likeness (QED) is 0.715. The van der Waals surface area contributed by atoms with Crippen molar-refractivity contribution in [3.05, 3.63) is 22.2 Å². The van der Waals surface area contributed by atoms with E-state index in [0.717, 1.165) is 14.6 Å². The summed E-state index contributed by atoms with van der Waals surface area (Å²) in [4.78, 5) is 3.98. The Balaban J connectivity index is 2.93. The Labute approximate surface area is 71.0 Å². The van der Waals surface area contributed by atoms with Gasteiger partial charge in [-0.15, -0.1) is 0 Å². The van der Waals surface area contributed by atoms with E-state index in [2.05, 4.69) is 37.8 Å². The second kappa shape index (κ2) is 2.19. The Bertz CT molecular complexity index is 355. The summed E-state index contributed by atoms with van der Waals surface area (Å²) in [6, 6.07) is 1.91. The average molecular weight is 245 g/mol. The van der Waals surface area contributed by atoms with Crippen LogP contribution in [-0.4, -0.2) is 15.2 Å². The number of nitrogens with zero attached hydrogens (tertiary/aromatic N) is 2. The molecule has 50 valence electrons. The maximum absolute atomic E-state index is 4.02. The molecule has 0 aliphatic rings. The first-order valence-corrected chi connectivity index (χ1v) is 3.89. The zero-order chi connectivity index (χ0) is 6.97. The number of halogens is 1. The molecule has 2 heterocycles. The van der Waals surface area contributed by atoms with Crippen molar-refractivity contribution in [3.8, 4) is 0 Å². The average Bonchev–Trinajstić information content (AvgIpc) is 2.34. The summed E-state index contributed by atoms with van der Waals surface area (Å²) in [6.07, 6.45) is 3.55. The van der Waals surface area contributed by atoms with E-state index in [1.807, 2.05) is 6.07 Å². The van der Waals surface area contributed by atoms with E-state index >= 15 is 0 Å². The molecule has 1 N–H and O–H groups in total. The van der Waals surface area contributed by atoms with Gasteiger partial charge >= 0.3 is 0 Å². The van der Waals surface area contributed by atoms with Crippen molar-refractivity contribution in [2.75, 3.05) is 0 Å². The summed E-state index contributed by atoms with van der Waals surface area (Å²) in [5.41, 5.74) is 1.04. The van der Waals surface area contributed by atoms with Gasteiger partial charge in [-0.2, -0.15) is 5.10 Å². The van der Waals surface area contributed by atoms with E-state index in [1.54, 1.807) is 12.4 Å². The van der Waals surface area contributed by atoms with E-state index in [4.69, 9.17) is 0 Å². The normalized spacial score (nSPS) is 10.5. The van der Waals surface area contributed by atoms with Crippen molar-refractivity contribution >= 4 is 33.5 Å². The number of pyridine rings is 1. The predicted molar refractivity (Wildman–Crippen MR) is 46.6 cm³/mol. The van der Waals surface area contributed by atoms with Crippen LogP contribution in [0, 0.1) is 3.70 Å². The summed E-state index contributed by atoms with van der Waals surface area (Å²) < 4.78 is 0.973. The summed E-state index contributed by atoms with van der Waals surface area (Å²) in [5.74, 6) is 0. The lowest BCUT2D eigenvalue weighted by molar-refractivity contribution is 1.09. The monoisotopic (exact) mass is 245 g/mol. The van der Waals surface area contributed by atoms with Crippen LogP contribution in [0.15, 0.2) is 18.5 Å². The van der Waals surface area contributed by atoms with Gasteiger partial charge in [-0.1, -0.05) is 0 Å². The largest absolute Gasteiger partial charge is 0.277 e. The molecule has 2 rings (SSSR count). The van der Waals surface area contributed by atoms with Crippen molar-refractivity contribution in [3.63, 3.8) is 0 Å². The van der Waals surface area contributed by atoms with Gasteiger partial charge in [-0.25, -0.2) is 0 Å². The minimum Gasteiger partial charge on any atom is -0.277 e. The van der Waals surface area contributed by atoms with Gasteiger partial charge in [0.1, 0.15) is 3.70 Å². The van der Waals surface area contributed by atoms with Crippen LogP contribution in [0.5, 0.6) is 0 Å². The molecule has 0 saturated heterocycles. The zero-order valence-electron chi connectivity index (χ0n) is 5.00. The molecular formula is C6H4IN3. The molecule has 0 atom stereocenters. The molecule has 0 aromatic carbocycles. The molecule has 0 fully saturated rings. The topological polar surface area (TPSA) is 41.6 Å². The van der Waals surface area contributed by atoms with Gasteiger partial charge in [0.05, 0.1) is 10.9 Å². The Morgan fingerprint density at radius 2 is 2.40 bits per heavy atom. The third kappa shape index (κ3) is 0.792. The molecule has 2 aromatic heterocycles. The van der Waals surface area contributed by atoms with Crippen molar-refractivity contribution in [1.82, 2.24) is 15.2 Å². The van der Waals surface area contributed by atoms with E-state index in [1.165, 1.54) is 0 Å². The second-order valence-corrected chi connectivity index (χ2v) is 2.96. The summed E-state index contributed by atoms with van der Waals surface area (Å²) in [6.45, 7) is 0. The number of rotatable bonds is 0. The molecule has 0 spiro atoms. The molecule has 3 nitrogen and oxygen atoms in total. The van der Waals surface area contributed by atoms with E-state index in [0.29, 0.717) is 0 Å². The summed E-state index contributed by atoms with van der Waals surface area (Å²) in [5, 5.41) is 7.99. The number of fused-ring (bicyclic) bond motifs is 1. The summed E-state index contributed by atoms with van der Waals surface area (Å²) in [7, 11) is 0. The minimum absolute atomic E-state index is 0.973. The van der Waals surface area contributed by atoms with Gasteiger partial charge in [0.15, 0.2) is 0 Å². The number of aromatic nitrogens is 3. The molecular weight excluding hydrogens is 241 g/mol. The highest BCUT2D eigenvalue weighted by Crippen LogP contribution is 2.14. The van der Waals surface area contributed by atoms with Crippen LogP contribution in [0.1, 0.15) is 0 Å². The van der Waals surface area contributed by atoms with Crippen LogP contribution >= 0.6 is 22.6 Å². The van der Waals surface area contributed by atoms with Crippen LogP contribution in [0.25, 0.3) is 10.9 Å². The molecule has 0 bridgehead atoms. The maximum Gasteiger partial charge on any atom is 0.132 e. The SMILES string of the molecule is Ic1n[nH]c2ccncc12. The van der Waals surface area contributed by atoms with E-state index in [9.17, 15) is 0 Å². The highest BCUT2D eigenvalue weighted by molar-refractivity contribution is 14.1. The molecule has 0 saturated carbocycles. The van der Waals surface area contributed by atoms with Crippen molar-refractivity contribution in [2.45, 2.75) is 0 Å². The third-order valence-electron chi connectivity index (χ3n) is 1.32. The van der Waals surface area contributed by atoms with Crippen molar-refractivity contribution < 1.29 is 0 Å². The lowest BCUT2D eigenvalue weighted by Gasteiger charge is -1.83. The minimum atomic E-state index is 0.973. The number of hydrogen-bond donors (Lipinski definition) is 1. The fourth-order valence-corrected chi connectivity index (χ4v) is 1.38. The standard InChI is InChI=1S/C6H4IN3/c7-6-4-3-8-2-1-5(4)9-10-6/h1-3H,(H,9,10). The van der Waals surface area contributed by atoms with Crippen LogP contribution in [0.3, 0.4) is 0 Å². The molecule has 0 radical (unpaired) electrons. The predicted octanol–water partition coefficient (Wildman–Crippen LogP) is 1.56. The van der Waals surface area contributed by atoms with Gasteiger partial charge in [0.25, 0.3) is 0 Å². The van der Waals surface area contributed by atoms with Gasteiger partial charge < -0.3 is 0 Å². The van der Waals surface area contributed by atoms with Crippen molar-refractivity contribution in [2.24, 2.45) is 0 Å². The molecule has 0 amide bonds. The highest BCUT2D eigenvalue weighted by Gasteiger charge is 1.98. The Morgan fingerprint density at radius 1 is 1.50 bits per heavy atom. The number of H-pyrrole nitrogens is 1. The highest BCUT2D eigenvalue weighted by atomic mass is 127. The molecule has 2 aromatic rings. The lowest BCUT2D eigenvalue weighted by Crippen LogP contribution is -1.70. The fourth-order valence-electron chi connectivity index (χ4n) is 0.826. The summed E-state index contributed by atoms with van der Waals surface area (Å²) >= 11 is 2.17. The zero-order valence-corrected chi connectivity index (χ0v) is 7.16. The van der Waals surface area contributed by atoms with Gasteiger partial charge in [-0.05, 0) is 28.7 Å². The first-order chi connectivity index (χ1) is 4.88. The smallest absolute Gasteiger partial charge is 0.132 e. The fraction of sp³-hybridized carbons (Fsp3) is 0. The lowest BCUT2D eigenvalue weighted by atomic mass is 10.3.